The summed E-state index contributed by atoms with van der Waals surface area (Å²) in [4.78, 5) is 4.43. The van der Waals surface area contributed by atoms with Crippen LogP contribution in [0.1, 0.15) is 64.9 Å². The molecule has 2 fully saturated rings. The molecule has 1 aliphatic carbocycles. The zero-order valence-corrected chi connectivity index (χ0v) is 14.9. The quantitative estimate of drug-likeness (QED) is 0.599. The molecule has 1 aliphatic heterocycles. The molecule has 3 nitrogen and oxygen atoms in total. The lowest BCUT2D eigenvalue weighted by Gasteiger charge is -2.32. The number of hydrogen-bond donors (Lipinski definition) is 0. The summed E-state index contributed by atoms with van der Waals surface area (Å²) < 4.78 is 13.3. The standard InChI is InChI=1S/C16H23BBrNO2/c1-15(2)16(3,4)21-17(20-15)13-9-14(18)19-10-12(13)11-7-5-6-8-11/h9-11H,5-8H2,1-4H3. The van der Waals surface area contributed by atoms with Crippen molar-refractivity contribution in [3.63, 3.8) is 0 Å². The first-order valence-electron chi connectivity index (χ1n) is 7.81. The van der Waals surface area contributed by atoms with Crippen molar-refractivity contribution in [2.24, 2.45) is 0 Å². The van der Waals surface area contributed by atoms with Crippen molar-refractivity contribution < 1.29 is 9.31 Å². The zero-order valence-electron chi connectivity index (χ0n) is 13.3. The van der Waals surface area contributed by atoms with Crippen molar-refractivity contribution >= 4 is 28.5 Å². The molecule has 1 saturated heterocycles. The second kappa shape index (κ2) is 5.36. The first-order valence-corrected chi connectivity index (χ1v) is 8.60. The molecule has 0 bridgehead atoms. The molecular formula is C16H23BBrNO2. The van der Waals surface area contributed by atoms with Crippen LogP contribution >= 0.6 is 15.9 Å². The summed E-state index contributed by atoms with van der Waals surface area (Å²) >= 11 is 3.49. The monoisotopic (exact) mass is 351 g/mol. The Hall–Kier alpha value is -0.385. The third-order valence-corrected chi connectivity index (χ3v) is 5.67. The lowest BCUT2D eigenvalue weighted by Crippen LogP contribution is -2.41. The van der Waals surface area contributed by atoms with Crippen molar-refractivity contribution in [1.82, 2.24) is 4.98 Å². The molecule has 1 aromatic rings. The fourth-order valence-corrected chi connectivity index (χ4v) is 3.56. The van der Waals surface area contributed by atoms with Crippen LogP contribution in [-0.4, -0.2) is 23.3 Å². The number of halogens is 1. The number of pyridine rings is 1. The minimum atomic E-state index is -0.305. The van der Waals surface area contributed by atoms with Crippen LogP contribution in [-0.2, 0) is 9.31 Å². The molecule has 0 radical (unpaired) electrons. The van der Waals surface area contributed by atoms with Gasteiger partial charge in [-0.2, -0.15) is 0 Å². The van der Waals surface area contributed by atoms with E-state index in [1.807, 2.05) is 6.20 Å². The van der Waals surface area contributed by atoms with Gasteiger partial charge in [0.15, 0.2) is 0 Å². The van der Waals surface area contributed by atoms with E-state index < -0.39 is 0 Å². The molecule has 0 N–H and O–H groups in total. The number of aromatic nitrogens is 1. The molecule has 114 valence electrons. The largest absolute Gasteiger partial charge is 0.495 e. The van der Waals surface area contributed by atoms with Gasteiger partial charge in [0.05, 0.1) is 11.2 Å². The van der Waals surface area contributed by atoms with Crippen LogP contribution in [0.25, 0.3) is 0 Å². The predicted octanol–water partition coefficient (Wildman–Crippen LogP) is 3.80. The summed E-state index contributed by atoms with van der Waals surface area (Å²) in [6, 6.07) is 2.07. The van der Waals surface area contributed by atoms with Gasteiger partial charge in [0.2, 0.25) is 0 Å². The topological polar surface area (TPSA) is 31.4 Å². The van der Waals surface area contributed by atoms with Gasteiger partial charge in [-0.15, -0.1) is 0 Å². The molecule has 1 saturated carbocycles. The van der Waals surface area contributed by atoms with E-state index in [1.54, 1.807) is 0 Å². The van der Waals surface area contributed by atoms with Crippen LogP contribution in [0.5, 0.6) is 0 Å². The third kappa shape index (κ3) is 2.80. The molecule has 0 unspecified atom stereocenters. The maximum absolute atomic E-state index is 6.23. The van der Waals surface area contributed by atoms with Gasteiger partial charge in [-0.25, -0.2) is 4.98 Å². The van der Waals surface area contributed by atoms with Crippen LogP contribution in [0.4, 0.5) is 0 Å². The van der Waals surface area contributed by atoms with Crippen molar-refractivity contribution in [2.75, 3.05) is 0 Å². The van der Waals surface area contributed by atoms with E-state index in [-0.39, 0.29) is 18.3 Å². The van der Waals surface area contributed by atoms with Crippen molar-refractivity contribution in [1.29, 1.82) is 0 Å². The predicted molar refractivity (Wildman–Crippen MR) is 88.9 cm³/mol. The Bertz CT molecular complexity index is 525. The summed E-state index contributed by atoms with van der Waals surface area (Å²) in [7, 11) is -0.301. The van der Waals surface area contributed by atoms with E-state index in [1.165, 1.54) is 31.2 Å². The van der Waals surface area contributed by atoms with Crippen LogP contribution in [0.2, 0.25) is 0 Å². The average Bonchev–Trinajstić information content (AvgIpc) is 2.97. The van der Waals surface area contributed by atoms with Gasteiger partial charge in [0.25, 0.3) is 0 Å². The summed E-state index contributed by atoms with van der Waals surface area (Å²) in [5.74, 6) is 0.597. The van der Waals surface area contributed by atoms with Gasteiger partial charge in [0, 0.05) is 6.20 Å². The van der Waals surface area contributed by atoms with E-state index in [9.17, 15) is 0 Å². The average molecular weight is 352 g/mol. The molecule has 5 heteroatoms. The second-order valence-electron chi connectivity index (χ2n) is 7.21. The first kappa shape index (κ1) is 15.5. The Labute approximate surface area is 136 Å². The minimum Gasteiger partial charge on any atom is -0.399 e. The van der Waals surface area contributed by atoms with E-state index in [0.29, 0.717) is 5.92 Å². The second-order valence-corrected chi connectivity index (χ2v) is 8.02. The number of nitrogens with zero attached hydrogens (tertiary/aromatic N) is 1. The van der Waals surface area contributed by atoms with Gasteiger partial charge in [-0.1, -0.05) is 12.8 Å². The van der Waals surface area contributed by atoms with Gasteiger partial charge in [-0.05, 0) is 79.5 Å². The van der Waals surface area contributed by atoms with Crippen LogP contribution in [0, 0.1) is 0 Å². The first-order chi connectivity index (χ1) is 9.80. The summed E-state index contributed by atoms with van der Waals surface area (Å²) in [5.41, 5.74) is 1.83. The Morgan fingerprint density at radius 2 is 1.71 bits per heavy atom. The molecule has 0 aromatic carbocycles. The summed E-state index contributed by atoms with van der Waals surface area (Å²) in [6.07, 6.45) is 7.11. The maximum Gasteiger partial charge on any atom is 0.495 e. The fraction of sp³-hybridized carbons (Fsp3) is 0.688. The molecule has 1 aromatic heterocycles. The highest BCUT2D eigenvalue weighted by Gasteiger charge is 2.52. The zero-order chi connectivity index (χ0) is 15.3. The van der Waals surface area contributed by atoms with Gasteiger partial charge < -0.3 is 9.31 Å². The van der Waals surface area contributed by atoms with E-state index in [2.05, 4.69) is 54.7 Å². The highest BCUT2D eigenvalue weighted by Crippen LogP contribution is 2.39. The normalized spacial score (nSPS) is 24.7. The van der Waals surface area contributed by atoms with Crippen molar-refractivity contribution in [2.45, 2.75) is 70.5 Å². The summed E-state index contributed by atoms with van der Waals surface area (Å²) in [6.45, 7) is 8.38. The lowest BCUT2D eigenvalue weighted by atomic mass is 9.73. The molecule has 3 rings (SSSR count). The number of rotatable bonds is 2. The van der Waals surface area contributed by atoms with E-state index >= 15 is 0 Å². The summed E-state index contributed by atoms with van der Waals surface area (Å²) in [5, 5.41) is 0. The van der Waals surface area contributed by atoms with E-state index in [0.717, 1.165) is 10.1 Å². The van der Waals surface area contributed by atoms with Crippen LogP contribution in [0.15, 0.2) is 16.9 Å². The molecule has 0 spiro atoms. The Balaban J connectivity index is 1.96. The van der Waals surface area contributed by atoms with E-state index in [4.69, 9.17) is 9.31 Å². The molecular weight excluding hydrogens is 329 g/mol. The smallest absolute Gasteiger partial charge is 0.399 e. The number of hydrogen-bond acceptors (Lipinski definition) is 3. The van der Waals surface area contributed by atoms with Gasteiger partial charge >= 0.3 is 7.12 Å². The SMILES string of the molecule is CC1(C)OB(c2cc(Br)ncc2C2CCCC2)OC1(C)C. The highest BCUT2D eigenvalue weighted by atomic mass is 79.9. The van der Waals surface area contributed by atoms with Crippen molar-refractivity contribution in [3.8, 4) is 0 Å². The van der Waals surface area contributed by atoms with Crippen LogP contribution in [0.3, 0.4) is 0 Å². The molecule has 21 heavy (non-hydrogen) atoms. The van der Waals surface area contributed by atoms with Crippen LogP contribution < -0.4 is 5.46 Å². The lowest BCUT2D eigenvalue weighted by molar-refractivity contribution is 0.00578. The third-order valence-electron chi connectivity index (χ3n) is 5.24. The highest BCUT2D eigenvalue weighted by molar-refractivity contribution is 9.10. The molecule has 2 heterocycles. The molecule has 0 amide bonds. The Morgan fingerprint density at radius 3 is 2.29 bits per heavy atom. The Kier molecular flexibility index (Phi) is 3.96. The molecule has 2 aliphatic rings. The van der Waals surface area contributed by atoms with Gasteiger partial charge in [0.1, 0.15) is 4.60 Å². The fourth-order valence-electron chi connectivity index (χ4n) is 3.21. The molecule has 0 atom stereocenters. The van der Waals surface area contributed by atoms with Gasteiger partial charge in [-0.3, -0.25) is 0 Å². The van der Waals surface area contributed by atoms with Crippen molar-refractivity contribution in [3.05, 3.63) is 22.4 Å². The maximum atomic E-state index is 6.23. The Morgan fingerprint density at radius 1 is 1.14 bits per heavy atom. The minimum absolute atomic E-state index is 0.301.